The van der Waals surface area contributed by atoms with Gasteiger partial charge in [0, 0.05) is 6.42 Å². The van der Waals surface area contributed by atoms with Gasteiger partial charge in [-0.3, -0.25) is 0 Å². The molecule has 1 aliphatic heterocycles. The molecular formula is C14H21NO. The van der Waals surface area contributed by atoms with Gasteiger partial charge in [-0.1, -0.05) is 26.0 Å². The van der Waals surface area contributed by atoms with Gasteiger partial charge in [-0.2, -0.15) is 0 Å². The summed E-state index contributed by atoms with van der Waals surface area (Å²) < 4.78 is 5.69. The van der Waals surface area contributed by atoms with E-state index >= 15 is 0 Å². The van der Waals surface area contributed by atoms with Crippen molar-refractivity contribution in [2.45, 2.75) is 39.7 Å². The van der Waals surface area contributed by atoms with E-state index < -0.39 is 0 Å². The number of ether oxygens (including phenoxy) is 1. The van der Waals surface area contributed by atoms with Crippen LogP contribution >= 0.6 is 0 Å². The third-order valence-electron chi connectivity index (χ3n) is 3.20. The smallest absolute Gasteiger partial charge is 0.123 e. The summed E-state index contributed by atoms with van der Waals surface area (Å²) in [6.45, 7) is 7.25. The standard InChI is InChI=1S/C14H21NO/c1-10-6-12-7-11(4-5-13(12)16-10)8-14(2,3)9-15/h4-5,7,10H,6,8-9,15H2,1-3H3. The van der Waals surface area contributed by atoms with Gasteiger partial charge in [0.1, 0.15) is 11.9 Å². The number of fused-ring (bicyclic) bond motifs is 1. The summed E-state index contributed by atoms with van der Waals surface area (Å²) in [4.78, 5) is 0. The fourth-order valence-corrected chi connectivity index (χ4v) is 2.21. The first-order valence-electron chi connectivity index (χ1n) is 5.99. The third kappa shape index (κ3) is 2.38. The molecule has 2 nitrogen and oxygen atoms in total. The molecule has 1 aromatic rings. The molecule has 1 aliphatic rings. The maximum atomic E-state index is 5.76. The molecule has 0 saturated heterocycles. The zero-order valence-corrected chi connectivity index (χ0v) is 10.4. The van der Waals surface area contributed by atoms with Crippen molar-refractivity contribution in [1.82, 2.24) is 0 Å². The molecule has 16 heavy (non-hydrogen) atoms. The van der Waals surface area contributed by atoms with Crippen LogP contribution in [-0.2, 0) is 12.8 Å². The Morgan fingerprint density at radius 3 is 2.88 bits per heavy atom. The highest BCUT2D eigenvalue weighted by atomic mass is 16.5. The zero-order valence-electron chi connectivity index (χ0n) is 10.4. The Morgan fingerprint density at radius 1 is 1.44 bits per heavy atom. The first kappa shape index (κ1) is 11.5. The maximum Gasteiger partial charge on any atom is 0.123 e. The minimum absolute atomic E-state index is 0.180. The lowest BCUT2D eigenvalue weighted by atomic mass is 9.85. The van der Waals surface area contributed by atoms with Gasteiger partial charge in [0.2, 0.25) is 0 Å². The van der Waals surface area contributed by atoms with Crippen LogP contribution in [-0.4, -0.2) is 12.6 Å². The normalized spacial score (nSPS) is 19.4. The topological polar surface area (TPSA) is 35.2 Å². The minimum atomic E-state index is 0.180. The van der Waals surface area contributed by atoms with Crippen molar-refractivity contribution < 1.29 is 4.74 Å². The maximum absolute atomic E-state index is 5.76. The second-order valence-corrected chi connectivity index (χ2v) is 5.62. The van der Waals surface area contributed by atoms with E-state index in [1.165, 1.54) is 11.1 Å². The van der Waals surface area contributed by atoms with Gasteiger partial charge in [0.05, 0.1) is 0 Å². The van der Waals surface area contributed by atoms with Gasteiger partial charge in [-0.05, 0) is 42.5 Å². The van der Waals surface area contributed by atoms with E-state index in [9.17, 15) is 0 Å². The molecule has 2 rings (SSSR count). The number of hydrogen-bond donors (Lipinski definition) is 1. The molecule has 0 fully saturated rings. The number of hydrogen-bond acceptors (Lipinski definition) is 2. The van der Waals surface area contributed by atoms with Crippen LogP contribution in [0.4, 0.5) is 0 Å². The molecule has 1 unspecified atom stereocenters. The monoisotopic (exact) mass is 219 g/mol. The Balaban J connectivity index is 2.17. The second kappa shape index (κ2) is 4.10. The average molecular weight is 219 g/mol. The SMILES string of the molecule is CC1Cc2cc(CC(C)(C)CN)ccc2O1. The van der Waals surface area contributed by atoms with Crippen LogP contribution in [0.15, 0.2) is 18.2 Å². The molecule has 2 heteroatoms. The molecule has 0 aliphatic carbocycles. The van der Waals surface area contributed by atoms with Crippen molar-refractivity contribution in [2.24, 2.45) is 11.1 Å². The summed E-state index contributed by atoms with van der Waals surface area (Å²) in [6.07, 6.45) is 2.39. The van der Waals surface area contributed by atoms with Crippen LogP contribution < -0.4 is 10.5 Å². The minimum Gasteiger partial charge on any atom is -0.490 e. The van der Waals surface area contributed by atoms with Crippen molar-refractivity contribution in [2.75, 3.05) is 6.54 Å². The predicted molar refractivity (Wildman–Crippen MR) is 66.8 cm³/mol. The molecule has 1 atom stereocenters. The molecule has 1 heterocycles. The molecule has 1 aromatic carbocycles. The van der Waals surface area contributed by atoms with Crippen LogP contribution in [0.1, 0.15) is 31.9 Å². The Morgan fingerprint density at radius 2 is 2.19 bits per heavy atom. The molecule has 0 aromatic heterocycles. The Hall–Kier alpha value is -1.02. The largest absolute Gasteiger partial charge is 0.490 e. The van der Waals surface area contributed by atoms with Crippen molar-refractivity contribution in [1.29, 1.82) is 0 Å². The summed E-state index contributed by atoms with van der Waals surface area (Å²) in [5, 5.41) is 0. The molecule has 0 saturated carbocycles. The molecule has 0 radical (unpaired) electrons. The number of benzene rings is 1. The molecular weight excluding hydrogens is 198 g/mol. The fourth-order valence-electron chi connectivity index (χ4n) is 2.21. The molecule has 2 N–H and O–H groups in total. The van der Waals surface area contributed by atoms with Crippen LogP contribution in [0.3, 0.4) is 0 Å². The Labute approximate surface area is 97.8 Å². The lowest BCUT2D eigenvalue weighted by molar-refractivity contribution is 0.254. The molecule has 88 valence electrons. The number of rotatable bonds is 3. The van der Waals surface area contributed by atoms with Crippen molar-refractivity contribution in [3.63, 3.8) is 0 Å². The highest BCUT2D eigenvalue weighted by Crippen LogP contribution is 2.31. The van der Waals surface area contributed by atoms with Crippen molar-refractivity contribution in [3.05, 3.63) is 29.3 Å². The molecule has 0 bridgehead atoms. The van der Waals surface area contributed by atoms with E-state index in [0.717, 1.165) is 25.1 Å². The summed E-state index contributed by atoms with van der Waals surface area (Å²) in [5.41, 5.74) is 8.66. The number of nitrogens with two attached hydrogens (primary N) is 1. The highest BCUT2D eigenvalue weighted by molar-refractivity contribution is 5.40. The van der Waals surface area contributed by atoms with E-state index in [1.807, 2.05) is 0 Å². The van der Waals surface area contributed by atoms with E-state index in [4.69, 9.17) is 10.5 Å². The van der Waals surface area contributed by atoms with E-state index in [0.29, 0.717) is 6.10 Å². The predicted octanol–water partition coefficient (Wildman–Crippen LogP) is 2.54. The Kier molecular flexibility index (Phi) is 2.94. The molecule has 0 spiro atoms. The summed E-state index contributed by atoms with van der Waals surface area (Å²) in [6, 6.07) is 6.53. The summed E-state index contributed by atoms with van der Waals surface area (Å²) in [5.74, 6) is 1.06. The van der Waals surface area contributed by atoms with E-state index in [2.05, 4.69) is 39.0 Å². The van der Waals surface area contributed by atoms with Gasteiger partial charge in [0.25, 0.3) is 0 Å². The van der Waals surface area contributed by atoms with Gasteiger partial charge in [-0.15, -0.1) is 0 Å². The van der Waals surface area contributed by atoms with Gasteiger partial charge in [0.15, 0.2) is 0 Å². The summed E-state index contributed by atoms with van der Waals surface area (Å²) in [7, 11) is 0. The van der Waals surface area contributed by atoms with E-state index in [-0.39, 0.29) is 5.41 Å². The quantitative estimate of drug-likeness (QED) is 0.848. The molecule has 0 amide bonds. The second-order valence-electron chi connectivity index (χ2n) is 5.62. The first-order valence-corrected chi connectivity index (χ1v) is 5.99. The first-order chi connectivity index (χ1) is 7.50. The van der Waals surface area contributed by atoms with E-state index in [1.54, 1.807) is 0 Å². The van der Waals surface area contributed by atoms with Crippen molar-refractivity contribution in [3.8, 4) is 5.75 Å². The Bertz CT molecular complexity index is 384. The van der Waals surface area contributed by atoms with Gasteiger partial charge in [-0.25, -0.2) is 0 Å². The van der Waals surface area contributed by atoms with Crippen LogP contribution in [0.2, 0.25) is 0 Å². The lowest BCUT2D eigenvalue weighted by Crippen LogP contribution is -2.25. The fraction of sp³-hybridized carbons (Fsp3) is 0.571. The third-order valence-corrected chi connectivity index (χ3v) is 3.20. The van der Waals surface area contributed by atoms with Crippen LogP contribution in [0.5, 0.6) is 5.75 Å². The van der Waals surface area contributed by atoms with Gasteiger partial charge >= 0.3 is 0 Å². The zero-order chi connectivity index (χ0) is 11.8. The summed E-state index contributed by atoms with van der Waals surface area (Å²) >= 11 is 0. The average Bonchev–Trinajstić information content (AvgIpc) is 2.57. The van der Waals surface area contributed by atoms with Crippen LogP contribution in [0, 0.1) is 5.41 Å². The van der Waals surface area contributed by atoms with Crippen molar-refractivity contribution >= 4 is 0 Å². The van der Waals surface area contributed by atoms with Crippen LogP contribution in [0.25, 0.3) is 0 Å². The highest BCUT2D eigenvalue weighted by Gasteiger charge is 2.21. The van der Waals surface area contributed by atoms with Gasteiger partial charge < -0.3 is 10.5 Å². The lowest BCUT2D eigenvalue weighted by Gasteiger charge is -2.22.